The Morgan fingerprint density at radius 3 is 2.83 bits per heavy atom. The van der Waals surface area contributed by atoms with E-state index in [4.69, 9.17) is 5.73 Å². The number of carbonyl (C=O) groups excluding carboxylic acids is 1. The van der Waals surface area contributed by atoms with Crippen molar-refractivity contribution in [2.45, 2.75) is 44.6 Å². The van der Waals surface area contributed by atoms with Crippen molar-refractivity contribution in [3.8, 4) is 11.5 Å². The summed E-state index contributed by atoms with van der Waals surface area (Å²) in [4.78, 5) is 24.2. The number of hydrogen-bond acceptors (Lipinski definition) is 5. The lowest BCUT2D eigenvalue weighted by Crippen LogP contribution is -2.42. The second-order valence-electron chi connectivity index (χ2n) is 7.46. The lowest BCUT2D eigenvalue weighted by atomic mass is 9.93. The zero-order valence-electron chi connectivity index (χ0n) is 16.5. The topological polar surface area (TPSA) is 89.4 Å². The molecule has 3 aromatic rings. The summed E-state index contributed by atoms with van der Waals surface area (Å²) in [5, 5.41) is 4.45. The molecule has 7 nitrogen and oxygen atoms in total. The number of anilines is 1. The predicted octanol–water partition coefficient (Wildman–Crippen LogP) is 3.72. The summed E-state index contributed by atoms with van der Waals surface area (Å²) in [6.45, 7) is 4.48. The van der Waals surface area contributed by atoms with Crippen LogP contribution in [0.1, 0.15) is 48.9 Å². The van der Waals surface area contributed by atoms with Crippen LogP contribution in [0.3, 0.4) is 0 Å². The van der Waals surface area contributed by atoms with Gasteiger partial charge in [-0.3, -0.25) is 9.78 Å². The highest BCUT2D eigenvalue weighted by molar-refractivity contribution is 5.96. The molecular formula is C22H26N6O. The average molecular weight is 390 g/mol. The standard InChI is InChI=1S/C22H26N6O/c1-2-3-13-27(17-9-5-4-6-10-17)22(29)16-14-19(23)28-20(15-16)25-21(26-28)18-11-7-8-12-24-18/h2,7-8,11-12,14-15,17H,1,3-6,9-10,13,23H2. The van der Waals surface area contributed by atoms with Crippen LogP contribution in [0.2, 0.25) is 0 Å². The molecule has 3 heterocycles. The van der Waals surface area contributed by atoms with Crippen molar-refractivity contribution >= 4 is 17.4 Å². The summed E-state index contributed by atoms with van der Waals surface area (Å²) in [6, 6.07) is 9.30. The van der Waals surface area contributed by atoms with E-state index >= 15 is 0 Å². The first-order valence-electron chi connectivity index (χ1n) is 10.2. The van der Waals surface area contributed by atoms with Crippen molar-refractivity contribution in [1.82, 2.24) is 24.5 Å². The fourth-order valence-corrected chi connectivity index (χ4v) is 3.97. The van der Waals surface area contributed by atoms with Crippen molar-refractivity contribution in [1.29, 1.82) is 0 Å². The van der Waals surface area contributed by atoms with Gasteiger partial charge in [-0.05, 0) is 43.5 Å². The van der Waals surface area contributed by atoms with Gasteiger partial charge in [0.15, 0.2) is 5.65 Å². The highest BCUT2D eigenvalue weighted by Crippen LogP contribution is 2.25. The zero-order chi connectivity index (χ0) is 20.2. The van der Waals surface area contributed by atoms with Gasteiger partial charge in [-0.15, -0.1) is 11.7 Å². The molecule has 0 spiro atoms. The van der Waals surface area contributed by atoms with E-state index in [0.717, 1.165) is 19.3 Å². The first-order chi connectivity index (χ1) is 14.2. The third kappa shape index (κ3) is 3.99. The molecule has 0 unspecified atom stereocenters. The maximum atomic E-state index is 13.4. The van der Waals surface area contributed by atoms with E-state index in [9.17, 15) is 4.79 Å². The Balaban J connectivity index is 1.67. The number of fused-ring (bicyclic) bond motifs is 1. The Hall–Kier alpha value is -3.22. The second-order valence-corrected chi connectivity index (χ2v) is 7.46. The molecule has 0 aliphatic heterocycles. The van der Waals surface area contributed by atoms with Crippen LogP contribution in [0, 0.1) is 0 Å². The maximum absolute atomic E-state index is 13.4. The van der Waals surface area contributed by atoms with Gasteiger partial charge in [-0.25, -0.2) is 4.98 Å². The lowest BCUT2D eigenvalue weighted by molar-refractivity contribution is 0.0638. The van der Waals surface area contributed by atoms with Gasteiger partial charge < -0.3 is 10.6 Å². The van der Waals surface area contributed by atoms with Gasteiger partial charge in [-0.1, -0.05) is 31.4 Å². The Bertz CT molecular complexity index is 1010. The van der Waals surface area contributed by atoms with Crippen molar-refractivity contribution in [2.24, 2.45) is 0 Å². The van der Waals surface area contributed by atoms with E-state index in [1.165, 1.54) is 19.3 Å². The summed E-state index contributed by atoms with van der Waals surface area (Å²) in [6.07, 6.45) is 10.0. The fourth-order valence-electron chi connectivity index (χ4n) is 3.97. The Labute approximate surface area is 170 Å². The summed E-state index contributed by atoms with van der Waals surface area (Å²) in [5.41, 5.74) is 7.97. The second kappa shape index (κ2) is 8.43. The van der Waals surface area contributed by atoms with Crippen molar-refractivity contribution in [3.05, 3.63) is 54.7 Å². The van der Waals surface area contributed by atoms with Crippen LogP contribution in [-0.2, 0) is 0 Å². The molecule has 1 aliphatic rings. The van der Waals surface area contributed by atoms with Gasteiger partial charge in [-0.2, -0.15) is 4.52 Å². The lowest BCUT2D eigenvalue weighted by Gasteiger charge is -2.34. The number of nitrogens with two attached hydrogens (primary N) is 1. The largest absolute Gasteiger partial charge is 0.384 e. The number of rotatable bonds is 6. The summed E-state index contributed by atoms with van der Waals surface area (Å²) in [5.74, 6) is 0.862. The van der Waals surface area contributed by atoms with E-state index in [2.05, 4.69) is 21.6 Å². The van der Waals surface area contributed by atoms with Gasteiger partial charge in [0, 0.05) is 24.3 Å². The van der Waals surface area contributed by atoms with Gasteiger partial charge >= 0.3 is 0 Å². The van der Waals surface area contributed by atoms with Crippen LogP contribution < -0.4 is 5.73 Å². The quantitative estimate of drug-likeness (QED) is 0.648. The van der Waals surface area contributed by atoms with Crippen LogP contribution in [0.15, 0.2) is 49.2 Å². The molecule has 29 heavy (non-hydrogen) atoms. The third-order valence-corrected chi connectivity index (χ3v) is 5.46. The third-order valence-electron chi connectivity index (χ3n) is 5.46. The summed E-state index contributed by atoms with van der Waals surface area (Å²) < 4.78 is 1.55. The Morgan fingerprint density at radius 1 is 1.28 bits per heavy atom. The first-order valence-corrected chi connectivity index (χ1v) is 10.2. The smallest absolute Gasteiger partial charge is 0.254 e. The molecule has 1 amide bonds. The minimum absolute atomic E-state index is 0.00432. The minimum atomic E-state index is -0.00432. The number of nitrogen functional groups attached to an aromatic ring is 1. The molecule has 0 bridgehead atoms. The van der Waals surface area contributed by atoms with Crippen LogP contribution in [0.25, 0.3) is 17.2 Å². The molecule has 1 saturated carbocycles. The van der Waals surface area contributed by atoms with Gasteiger partial charge in [0.05, 0.1) is 0 Å². The van der Waals surface area contributed by atoms with E-state index in [1.54, 1.807) is 22.8 Å². The van der Waals surface area contributed by atoms with Crippen LogP contribution in [0.4, 0.5) is 5.82 Å². The predicted molar refractivity (Wildman–Crippen MR) is 113 cm³/mol. The van der Waals surface area contributed by atoms with Crippen molar-refractivity contribution in [2.75, 3.05) is 12.3 Å². The van der Waals surface area contributed by atoms with Crippen LogP contribution >= 0.6 is 0 Å². The molecule has 7 heteroatoms. The summed E-state index contributed by atoms with van der Waals surface area (Å²) in [7, 11) is 0. The van der Waals surface area contributed by atoms with Crippen molar-refractivity contribution in [3.63, 3.8) is 0 Å². The van der Waals surface area contributed by atoms with E-state index < -0.39 is 0 Å². The van der Waals surface area contributed by atoms with Crippen LogP contribution in [-0.4, -0.2) is 43.0 Å². The zero-order valence-corrected chi connectivity index (χ0v) is 16.5. The first kappa shape index (κ1) is 19.1. The monoisotopic (exact) mass is 390 g/mol. The highest BCUT2D eigenvalue weighted by Gasteiger charge is 2.26. The summed E-state index contributed by atoms with van der Waals surface area (Å²) >= 11 is 0. The Kier molecular flexibility index (Phi) is 5.55. The molecule has 150 valence electrons. The number of pyridine rings is 2. The fraction of sp³-hybridized carbons (Fsp3) is 0.364. The number of aromatic nitrogens is 4. The SMILES string of the molecule is C=CCCN(C(=O)c1cc(N)n2nc(-c3ccccn3)nc2c1)C1CCCCC1. The normalized spacial score (nSPS) is 14.8. The van der Waals surface area contributed by atoms with Gasteiger partial charge in [0.2, 0.25) is 5.82 Å². The molecular weight excluding hydrogens is 364 g/mol. The van der Waals surface area contributed by atoms with E-state index in [-0.39, 0.29) is 11.9 Å². The molecule has 0 radical (unpaired) electrons. The highest BCUT2D eigenvalue weighted by atomic mass is 16.2. The molecule has 0 saturated heterocycles. The maximum Gasteiger partial charge on any atom is 0.254 e. The molecule has 0 atom stereocenters. The minimum Gasteiger partial charge on any atom is -0.384 e. The van der Waals surface area contributed by atoms with Gasteiger partial charge in [0.25, 0.3) is 5.91 Å². The molecule has 3 aromatic heterocycles. The molecule has 1 fully saturated rings. The van der Waals surface area contributed by atoms with Crippen LogP contribution in [0.5, 0.6) is 0 Å². The average Bonchev–Trinajstić information content (AvgIpc) is 3.20. The number of hydrogen-bond donors (Lipinski definition) is 1. The number of carbonyl (C=O) groups is 1. The number of amides is 1. The molecule has 4 rings (SSSR count). The van der Waals surface area contributed by atoms with Gasteiger partial charge in [0.1, 0.15) is 11.5 Å². The molecule has 1 aliphatic carbocycles. The van der Waals surface area contributed by atoms with E-state index in [1.807, 2.05) is 29.2 Å². The Morgan fingerprint density at radius 2 is 2.10 bits per heavy atom. The van der Waals surface area contributed by atoms with E-state index in [0.29, 0.717) is 35.1 Å². The van der Waals surface area contributed by atoms with Crippen molar-refractivity contribution < 1.29 is 4.79 Å². The molecule has 0 aromatic carbocycles. The number of nitrogens with zero attached hydrogens (tertiary/aromatic N) is 5. The molecule has 2 N–H and O–H groups in total.